The van der Waals surface area contributed by atoms with Gasteiger partial charge >= 0.3 is 5.97 Å². The molecule has 5 nitrogen and oxygen atoms in total. The van der Waals surface area contributed by atoms with Gasteiger partial charge in [-0.1, -0.05) is 0 Å². The zero-order valence-electron chi connectivity index (χ0n) is 14.5. The van der Waals surface area contributed by atoms with Crippen molar-refractivity contribution in [3.05, 3.63) is 23.8 Å². The van der Waals surface area contributed by atoms with Crippen LogP contribution in [-0.2, 0) is 16.0 Å². The van der Waals surface area contributed by atoms with E-state index < -0.39 is 5.97 Å². The van der Waals surface area contributed by atoms with Crippen LogP contribution >= 0.6 is 0 Å². The Bertz CT molecular complexity index is 676. The van der Waals surface area contributed by atoms with Gasteiger partial charge in [-0.05, 0) is 74.6 Å². The third kappa shape index (κ3) is 3.65. The minimum absolute atomic E-state index is 0.177. The van der Waals surface area contributed by atoms with Crippen LogP contribution in [0.4, 0.5) is 11.4 Å². The molecule has 2 aliphatic carbocycles. The monoisotopic (exact) mass is 342 g/mol. The number of hydrogen-bond donors (Lipinski definition) is 2. The highest BCUT2D eigenvalue weighted by Crippen LogP contribution is 2.36. The van der Waals surface area contributed by atoms with Crippen LogP contribution in [0, 0.1) is 11.8 Å². The summed E-state index contributed by atoms with van der Waals surface area (Å²) in [6.07, 6.45) is 7.23. The number of rotatable bonds is 5. The maximum atomic E-state index is 12.3. The third-order valence-corrected chi connectivity index (χ3v) is 5.86. The number of aryl methyl sites for hydroxylation is 1. The van der Waals surface area contributed by atoms with E-state index in [0.717, 1.165) is 50.0 Å². The number of benzene rings is 1. The normalized spacial score (nSPS) is 26.2. The number of carboxylic acids is 1. The average Bonchev–Trinajstić information content (AvgIpc) is 3.42. The van der Waals surface area contributed by atoms with E-state index in [1.807, 2.05) is 4.90 Å². The van der Waals surface area contributed by atoms with Crippen LogP contribution in [0.5, 0.6) is 0 Å². The molecule has 1 aliphatic heterocycles. The van der Waals surface area contributed by atoms with E-state index in [1.165, 1.54) is 18.4 Å². The van der Waals surface area contributed by atoms with E-state index in [-0.39, 0.29) is 11.8 Å². The van der Waals surface area contributed by atoms with Gasteiger partial charge in [-0.2, -0.15) is 0 Å². The molecule has 2 N–H and O–H groups in total. The molecule has 1 heterocycles. The molecule has 0 aromatic heterocycles. The van der Waals surface area contributed by atoms with Crippen molar-refractivity contribution in [2.45, 2.75) is 57.4 Å². The highest BCUT2D eigenvalue weighted by Gasteiger charge is 2.31. The van der Waals surface area contributed by atoms with Gasteiger partial charge in [0.25, 0.3) is 0 Å². The van der Waals surface area contributed by atoms with E-state index in [9.17, 15) is 9.59 Å². The molecule has 134 valence electrons. The Morgan fingerprint density at radius 1 is 1.12 bits per heavy atom. The molecule has 0 saturated heterocycles. The molecule has 1 amide bonds. The maximum Gasteiger partial charge on any atom is 0.306 e. The van der Waals surface area contributed by atoms with Crippen LogP contribution in [0.25, 0.3) is 0 Å². The second kappa shape index (κ2) is 6.70. The van der Waals surface area contributed by atoms with E-state index in [1.54, 1.807) is 0 Å². The van der Waals surface area contributed by atoms with Gasteiger partial charge in [0.1, 0.15) is 0 Å². The fraction of sp³-hybridized carbons (Fsp3) is 0.600. The number of aliphatic carboxylic acids is 1. The smallest absolute Gasteiger partial charge is 0.306 e. The fourth-order valence-corrected chi connectivity index (χ4v) is 4.13. The van der Waals surface area contributed by atoms with E-state index in [0.29, 0.717) is 18.4 Å². The zero-order chi connectivity index (χ0) is 17.4. The first-order chi connectivity index (χ1) is 12.1. The molecule has 0 spiro atoms. The third-order valence-electron chi connectivity index (χ3n) is 5.86. The van der Waals surface area contributed by atoms with Gasteiger partial charge in [-0.15, -0.1) is 0 Å². The summed E-state index contributed by atoms with van der Waals surface area (Å²) in [6.45, 7) is 0.873. The van der Waals surface area contributed by atoms with Crippen LogP contribution in [0.3, 0.4) is 0 Å². The second-order valence-corrected chi connectivity index (χ2v) is 7.82. The first kappa shape index (κ1) is 16.4. The molecular formula is C20H26N2O3. The Kier molecular flexibility index (Phi) is 4.40. The molecule has 1 aromatic carbocycles. The topological polar surface area (TPSA) is 69.6 Å². The summed E-state index contributed by atoms with van der Waals surface area (Å²) in [5, 5.41) is 12.7. The first-order valence-electron chi connectivity index (χ1n) is 9.53. The lowest BCUT2D eigenvalue weighted by molar-refractivity contribution is -0.142. The van der Waals surface area contributed by atoms with Gasteiger partial charge < -0.3 is 15.3 Å². The van der Waals surface area contributed by atoms with Crippen LogP contribution in [0.1, 0.15) is 50.5 Å². The molecule has 2 fully saturated rings. The van der Waals surface area contributed by atoms with Crippen molar-refractivity contribution in [3.8, 4) is 0 Å². The number of nitrogens with zero attached hydrogens (tertiary/aromatic N) is 1. The molecule has 4 rings (SSSR count). The van der Waals surface area contributed by atoms with Crippen molar-refractivity contribution in [1.29, 1.82) is 0 Å². The average molecular weight is 342 g/mol. The Morgan fingerprint density at radius 3 is 2.56 bits per heavy atom. The van der Waals surface area contributed by atoms with Gasteiger partial charge in [0.2, 0.25) is 5.91 Å². The van der Waals surface area contributed by atoms with Gasteiger partial charge in [0, 0.05) is 30.4 Å². The Balaban J connectivity index is 1.42. The molecule has 25 heavy (non-hydrogen) atoms. The van der Waals surface area contributed by atoms with Crippen LogP contribution < -0.4 is 10.2 Å². The van der Waals surface area contributed by atoms with Crippen molar-refractivity contribution in [2.75, 3.05) is 16.8 Å². The second-order valence-electron chi connectivity index (χ2n) is 7.82. The summed E-state index contributed by atoms with van der Waals surface area (Å²) in [6, 6.07) is 6.69. The summed E-state index contributed by atoms with van der Waals surface area (Å²) >= 11 is 0. The summed E-state index contributed by atoms with van der Waals surface area (Å²) < 4.78 is 0. The lowest BCUT2D eigenvalue weighted by Gasteiger charge is -2.31. The highest BCUT2D eigenvalue weighted by atomic mass is 16.4. The largest absolute Gasteiger partial charge is 0.481 e. The number of hydrogen-bond acceptors (Lipinski definition) is 3. The van der Waals surface area contributed by atoms with Crippen LogP contribution in [0.15, 0.2) is 18.2 Å². The molecule has 1 aromatic rings. The molecule has 0 bridgehead atoms. The molecule has 3 aliphatic rings. The predicted octanol–water partition coefficient (Wildman–Crippen LogP) is 3.43. The molecule has 5 heteroatoms. The summed E-state index contributed by atoms with van der Waals surface area (Å²) in [4.78, 5) is 25.3. The maximum absolute atomic E-state index is 12.3. The SMILES string of the molecule is O=C(O)C1CCC(Nc2ccc3c(c2)CCC(=O)N3CC2CC2)CC1. The standard InChI is InChI=1S/C20H26N2O3/c23-19-10-5-15-11-17(8-9-18(15)22(19)12-13-1-2-13)21-16-6-3-14(4-7-16)20(24)25/h8-9,11,13-14,16,21H,1-7,10,12H2,(H,24,25). The van der Waals surface area contributed by atoms with Crippen molar-refractivity contribution in [2.24, 2.45) is 11.8 Å². The van der Waals surface area contributed by atoms with Crippen molar-refractivity contribution in [3.63, 3.8) is 0 Å². The number of anilines is 2. The molecule has 0 atom stereocenters. The van der Waals surface area contributed by atoms with Crippen LogP contribution in [0.2, 0.25) is 0 Å². The number of fused-ring (bicyclic) bond motifs is 1. The summed E-state index contributed by atoms with van der Waals surface area (Å²) in [7, 11) is 0. The Morgan fingerprint density at radius 2 is 1.88 bits per heavy atom. The van der Waals surface area contributed by atoms with Gasteiger partial charge in [-0.25, -0.2) is 0 Å². The minimum atomic E-state index is -0.660. The van der Waals surface area contributed by atoms with Crippen molar-refractivity contribution in [1.82, 2.24) is 0 Å². The predicted molar refractivity (Wildman–Crippen MR) is 96.8 cm³/mol. The van der Waals surface area contributed by atoms with E-state index in [4.69, 9.17) is 5.11 Å². The number of carbonyl (C=O) groups excluding carboxylic acids is 1. The van der Waals surface area contributed by atoms with Gasteiger partial charge in [0.15, 0.2) is 0 Å². The molecular weight excluding hydrogens is 316 g/mol. The Labute approximate surface area is 148 Å². The molecule has 0 radical (unpaired) electrons. The van der Waals surface area contributed by atoms with Crippen molar-refractivity contribution >= 4 is 23.3 Å². The fourth-order valence-electron chi connectivity index (χ4n) is 4.13. The quantitative estimate of drug-likeness (QED) is 0.860. The first-order valence-corrected chi connectivity index (χ1v) is 9.53. The van der Waals surface area contributed by atoms with E-state index >= 15 is 0 Å². The lowest BCUT2D eigenvalue weighted by atomic mass is 9.86. The van der Waals surface area contributed by atoms with E-state index in [2.05, 4.69) is 23.5 Å². The van der Waals surface area contributed by atoms with Gasteiger partial charge in [0.05, 0.1) is 5.92 Å². The number of nitrogens with one attached hydrogen (secondary N) is 1. The summed E-state index contributed by atoms with van der Waals surface area (Å²) in [5.74, 6) is 0.112. The van der Waals surface area contributed by atoms with Crippen LogP contribution in [-0.4, -0.2) is 29.6 Å². The van der Waals surface area contributed by atoms with Crippen molar-refractivity contribution < 1.29 is 14.7 Å². The zero-order valence-corrected chi connectivity index (χ0v) is 14.5. The molecule has 2 saturated carbocycles. The molecule has 0 unspecified atom stereocenters. The number of carbonyl (C=O) groups is 2. The number of amides is 1. The lowest BCUT2D eigenvalue weighted by Crippen LogP contribution is -2.36. The van der Waals surface area contributed by atoms with Gasteiger partial charge in [-0.3, -0.25) is 9.59 Å². The highest BCUT2D eigenvalue weighted by molar-refractivity contribution is 5.96. The Hall–Kier alpha value is -2.04. The summed E-state index contributed by atoms with van der Waals surface area (Å²) in [5.41, 5.74) is 3.44. The number of carboxylic acid groups (broad SMARTS) is 1. The minimum Gasteiger partial charge on any atom is -0.481 e.